The maximum absolute atomic E-state index is 13.4. The fourth-order valence-corrected chi connectivity index (χ4v) is 3.62. The van der Waals surface area contributed by atoms with Crippen LogP contribution in [0.2, 0.25) is 0 Å². The number of aryl methyl sites for hydroxylation is 2. The second-order valence-electron chi connectivity index (χ2n) is 6.31. The Bertz CT molecular complexity index is 1110. The minimum absolute atomic E-state index is 0.0850. The molecule has 0 aliphatic heterocycles. The minimum Gasteiger partial charge on any atom is -0.343 e. The lowest BCUT2D eigenvalue weighted by Crippen LogP contribution is -2.15. The number of nitrogens with zero attached hydrogens (tertiary/aromatic N) is 1. The van der Waals surface area contributed by atoms with Gasteiger partial charge < -0.3 is 4.57 Å². The Balaban J connectivity index is 2.23. The van der Waals surface area contributed by atoms with E-state index in [9.17, 15) is 4.79 Å². The maximum Gasteiger partial charge on any atom is 0.197 e. The fraction of sp³-hybridized carbons (Fsp3) is 0.0870. The molecule has 2 nitrogen and oxygen atoms in total. The zero-order valence-electron chi connectivity index (χ0n) is 14.4. The molecule has 4 rings (SSSR count). The summed E-state index contributed by atoms with van der Waals surface area (Å²) in [7, 11) is 2.05. The van der Waals surface area contributed by atoms with Crippen LogP contribution in [0.1, 0.15) is 5.56 Å². The molecular weight excluding hydrogens is 306 g/mol. The van der Waals surface area contributed by atoms with Crippen LogP contribution in [0.3, 0.4) is 0 Å². The average molecular weight is 325 g/mol. The molecule has 0 spiro atoms. The molecule has 0 saturated heterocycles. The van der Waals surface area contributed by atoms with Crippen molar-refractivity contribution < 1.29 is 0 Å². The van der Waals surface area contributed by atoms with Crippen LogP contribution in [0.5, 0.6) is 0 Å². The second-order valence-corrected chi connectivity index (χ2v) is 6.31. The molecule has 0 unspecified atom stereocenters. The molecule has 4 aromatic rings. The van der Waals surface area contributed by atoms with Crippen molar-refractivity contribution >= 4 is 10.9 Å². The van der Waals surface area contributed by atoms with Crippen LogP contribution in [0, 0.1) is 6.92 Å². The van der Waals surface area contributed by atoms with Crippen LogP contribution in [0.25, 0.3) is 33.3 Å². The van der Waals surface area contributed by atoms with Crippen molar-refractivity contribution in [3.63, 3.8) is 0 Å². The fourth-order valence-electron chi connectivity index (χ4n) is 3.62. The highest BCUT2D eigenvalue weighted by molar-refractivity contribution is 5.93. The van der Waals surface area contributed by atoms with E-state index in [2.05, 4.69) is 29.7 Å². The van der Waals surface area contributed by atoms with Crippen molar-refractivity contribution in [2.24, 2.45) is 7.05 Å². The molecule has 25 heavy (non-hydrogen) atoms. The first-order valence-corrected chi connectivity index (χ1v) is 8.41. The van der Waals surface area contributed by atoms with Crippen molar-refractivity contribution in [2.75, 3.05) is 0 Å². The normalized spacial score (nSPS) is 11.0. The van der Waals surface area contributed by atoms with Crippen LogP contribution in [-0.4, -0.2) is 4.57 Å². The Morgan fingerprint density at radius 3 is 1.96 bits per heavy atom. The van der Waals surface area contributed by atoms with Gasteiger partial charge in [-0.2, -0.15) is 0 Å². The van der Waals surface area contributed by atoms with Crippen LogP contribution in [-0.2, 0) is 7.05 Å². The number of hydrogen-bond acceptors (Lipinski definition) is 1. The lowest BCUT2D eigenvalue weighted by Gasteiger charge is -2.19. The summed E-state index contributed by atoms with van der Waals surface area (Å²) in [5, 5.41) is 0.765. The minimum atomic E-state index is 0.0850. The van der Waals surface area contributed by atoms with Gasteiger partial charge in [-0.15, -0.1) is 0 Å². The average Bonchev–Trinajstić information content (AvgIpc) is 2.65. The van der Waals surface area contributed by atoms with Gasteiger partial charge in [0.1, 0.15) is 0 Å². The summed E-state index contributed by atoms with van der Waals surface area (Å²) in [6.45, 7) is 2.05. The number of para-hydroxylation sites is 1. The van der Waals surface area contributed by atoms with Crippen molar-refractivity contribution in [1.29, 1.82) is 0 Å². The number of fused-ring (bicyclic) bond motifs is 1. The van der Waals surface area contributed by atoms with E-state index in [-0.39, 0.29) is 5.43 Å². The molecule has 0 saturated carbocycles. The van der Waals surface area contributed by atoms with Crippen molar-refractivity contribution in [3.05, 3.63) is 94.6 Å². The molecule has 122 valence electrons. The van der Waals surface area contributed by atoms with Gasteiger partial charge in [-0.25, -0.2) is 0 Å². The van der Waals surface area contributed by atoms with Crippen LogP contribution in [0.15, 0.2) is 83.7 Å². The van der Waals surface area contributed by atoms with E-state index in [1.807, 2.05) is 67.7 Å². The molecule has 3 aromatic carbocycles. The molecule has 1 aromatic heterocycles. The molecule has 0 aliphatic rings. The monoisotopic (exact) mass is 325 g/mol. The van der Waals surface area contributed by atoms with Gasteiger partial charge in [0, 0.05) is 12.4 Å². The van der Waals surface area contributed by atoms with Crippen LogP contribution >= 0.6 is 0 Å². The van der Waals surface area contributed by atoms with Crippen LogP contribution < -0.4 is 5.43 Å². The number of pyridine rings is 1. The number of rotatable bonds is 2. The van der Waals surface area contributed by atoms with Gasteiger partial charge in [0.25, 0.3) is 0 Å². The lowest BCUT2D eigenvalue weighted by molar-refractivity contribution is 0.957. The molecule has 0 aliphatic carbocycles. The Kier molecular flexibility index (Phi) is 3.73. The zero-order chi connectivity index (χ0) is 17.4. The molecular formula is C23H19NO. The summed E-state index contributed by atoms with van der Waals surface area (Å²) in [5.74, 6) is 0. The van der Waals surface area contributed by atoms with Gasteiger partial charge >= 0.3 is 0 Å². The summed E-state index contributed by atoms with van der Waals surface area (Å²) >= 11 is 0. The van der Waals surface area contributed by atoms with Crippen molar-refractivity contribution in [3.8, 4) is 22.4 Å². The van der Waals surface area contributed by atoms with Gasteiger partial charge in [0.15, 0.2) is 5.43 Å². The molecule has 1 heterocycles. The highest BCUT2D eigenvalue weighted by Crippen LogP contribution is 2.32. The molecule has 0 atom stereocenters. The van der Waals surface area contributed by atoms with E-state index in [1.165, 1.54) is 0 Å². The van der Waals surface area contributed by atoms with Gasteiger partial charge in [-0.1, -0.05) is 72.8 Å². The van der Waals surface area contributed by atoms with E-state index in [0.29, 0.717) is 0 Å². The lowest BCUT2D eigenvalue weighted by atomic mass is 9.95. The van der Waals surface area contributed by atoms with E-state index < -0.39 is 0 Å². The quantitative estimate of drug-likeness (QED) is 0.498. The Hall–Kier alpha value is -3.13. The van der Waals surface area contributed by atoms with E-state index in [4.69, 9.17) is 0 Å². The van der Waals surface area contributed by atoms with E-state index in [1.54, 1.807) is 0 Å². The predicted molar refractivity (Wildman–Crippen MR) is 105 cm³/mol. The Labute approximate surface area is 147 Å². The maximum atomic E-state index is 13.4. The van der Waals surface area contributed by atoms with Gasteiger partial charge in [-0.3, -0.25) is 4.79 Å². The summed E-state index contributed by atoms with van der Waals surface area (Å²) in [5.41, 5.74) is 5.89. The highest BCUT2D eigenvalue weighted by Gasteiger charge is 2.18. The molecule has 0 amide bonds. The summed E-state index contributed by atoms with van der Waals surface area (Å²) < 4.78 is 2.16. The third-order valence-electron chi connectivity index (χ3n) is 4.73. The Morgan fingerprint density at radius 2 is 1.32 bits per heavy atom. The first kappa shape index (κ1) is 15.4. The third-order valence-corrected chi connectivity index (χ3v) is 4.73. The topological polar surface area (TPSA) is 22.0 Å². The molecule has 0 radical (unpaired) electrons. The van der Waals surface area contributed by atoms with Crippen molar-refractivity contribution in [1.82, 2.24) is 4.57 Å². The van der Waals surface area contributed by atoms with E-state index >= 15 is 0 Å². The summed E-state index contributed by atoms with van der Waals surface area (Å²) in [4.78, 5) is 13.4. The summed E-state index contributed by atoms with van der Waals surface area (Å²) in [6, 6.07) is 26.0. The number of benzene rings is 3. The van der Waals surface area contributed by atoms with Gasteiger partial charge in [0.2, 0.25) is 0 Å². The van der Waals surface area contributed by atoms with Crippen molar-refractivity contribution in [2.45, 2.75) is 6.92 Å². The summed E-state index contributed by atoms with van der Waals surface area (Å²) in [6.07, 6.45) is 0. The molecule has 0 fully saturated rings. The van der Waals surface area contributed by atoms with E-state index in [0.717, 1.165) is 38.9 Å². The zero-order valence-corrected chi connectivity index (χ0v) is 14.4. The smallest absolute Gasteiger partial charge is 0.197 e. The molecule has 0 N–H and O–H groups in total. The number of aromatic nitrogens is 1. The van der Waals surface area contributed by atoms with Crippen LogP contribution in [0.4, 0.5) is 0 Å². The predicted octanol–water partition coefficient (Wildman–Crippen LogP) is 5.18. The second kappa shape index (κ2) is 6.06. The molecule has 2 heteroatoms. The first-order chi connectivity index (χ1) is 12.2. The third kappa shape index (κ3) is 2.47. The highest BCUT2D eigenvalue weighted by atomic mass is 16.1. The van der Waals surface area contributed by atoms with Gasteiger partial charge in [-0.05, 0) is 29.7 Å². The first-order valence-electron chi connectivity index (χ1n) is 8.41. The molecule has 0 bridgehead atoms. The van der Waals surface area contributed by atoms with Gasteiger partial charge in [0.05, 0.1) is 16.8 Å². The number of hydrogen-bond donors (Lipinski definition) is 0. The Morgan fingerprint density at radius 1 is 0.720 bits per heavy atom. The largest absolute Gasteiger partial charge is 0.343 e. The standard InChI is InChI=1S/C23H19NO/c1-16-10-9-15-19-21(16)24(2)22(18-13-7-4-8-14-18)20(23(19)25)17-11-5-3-6-12-17/h3-15H,1-2H3. The SMILES string of the molecule is Cc1cccc2c(=O)c(-c3ccccc3)c(-c3ccccc3)n(C)c12.